The van der Waals surface area contributed by atoms with Crippen LogP contribution in [0.1, 0.15) is 31.1 Å². The SMILES string of the molecule is CC(C)(C)NS(=O)(=O)c1ccc(NC(=O)c2ccc(Cl)cc2Cl)c(F)c1. The number of carbonyl (C=O) groups is 1. The Morgan fingerprint density at radius 1 is 1.08 bits per heavy atom. The van der Waals surface area contributed by atoms with Crippen LogP contribution in [0, 0.1) is 5.82 Å². The molecule has 1 amide bonds. The zero-order valence-corrected chi connectivity index (χ0v) is 16.6. The molecular weight excluding hydrogens is 402 g/mol. The Morgan fingerprint density at radius 2 is 1.73 bits per heavy atom. The van der Waals surface area contributed by atoms with Crippen LogP contribution in [0.4, 0.5) is 10.1 Å². The number of anilines is 1. The second-order valence-electron chi connectivity index (χ2n) is 6.58. The van der Waals surface area contributed by atoms with Crippen LogP contribution in [0.25, 0.3) is 0 Å². The van der Waals surface area contributed by atoms with Gasteiger partial charge in [0.25, 0.3) is 5.91 Å². The molecule has 0 saturated heterocycles. The molecule has 0 heterocycles. The Morgan fingerprint density at radius 3 is 2.27 bits per heavy atom. The fourth-order valence-electron chi connectivity index (χ4n) is 2.09. The lowest BCUT2D eigenvalue weighted by molar-refractivity contribution is 0.102. The highest BCUT2D eigenvalue weighted by molar-refractivity contribution is 7.89. The van der Waals surface area contributed by atoms with Crippen molar-refractivity contribution in [3.05, 3.63) is 57.8 Å². The molecule has 2 aromatic carbocycles. The third kappa shape index (κ3) is 5.17. The predicted molar refractivity (Wildman–Crippen MR) is 101 cm³/mol. The van der Waals surface area contributed by atoms with Crippen LogP contribution in [0.3, 0.4) is 0 Å². The van der Waals surface area contributed by atoms with Gasteiger partial charge >= 0.3 is 0 Å². The van der Waals surface area contributed by atoms with E-state index in [1.807, 2.05) is 0 Å². The van der Waals surface area contributed by atoms with Crippen molar-refractivity contribution in [3.63, 3.8) is 0 Å². The number of halogens is 3. The predicted octanol–water partition coefficient (Wildman–Crippen LogP) is 4.46. The van der Waals surface area contributed by atoms with Crippen molar-refractivity contribution >= 4 is 44.8 Å². The zero-order valence-electron chi connectivity index (χ0n) is 14.2. The Hall–Kier alpha value is -1.67. The van der Waals surface area contributed by atoms with Crippen molar-refractivity contribution in [3.8, 4) is 0 Å². The number of rotatable bonds is 4. The highest BCUT2D eigenvalue weighted by atomic mass is 35.5. The lowest BCUT2D eigenvalue weighted by atomic mass is 10.1. The molecule has 0 aliphatic carbocycles. The highest BCUT2D eigenvalue weighted by Gasteiger charge is 2.23. The first kappa shape index (κ1) is 20.6. The molecule has 0 unspecified atom stereocenters. The van der Waals surface area contributed by atoms with Crippen molar-refractivity contribution in [1.82, 2.24) is 4.72 Å². The van der Waals surface area contributed by atoms with Crippen LogP contribution in [0.2, 0.25) is 10.0 Å². The van der Waals surface area contributed by atoms with Gasteiger partial charge in [-0.1, -0.05) is 23.2 Å². The molecule has 26 heavy (non-hydrogen) atoms. The summed E-state index contributed by atoms with van der Waals surface area (Å²) in [6.07, 6.45) is 0. The number of hydrogen-bond acceptors (Lipinski definition) is 3. The summed E-state index contributed by atoms with van der Waals surface area (Å²) in [7, 11) is -3.89. The van der Waals surface area contributed by atoms with Gasteiger partial charge in [-0.05, 0) is 57.2 Å². The molecule has 0 aromatic heterocycles. The largest absolute Gasteiger partial charge is 0.319 e. The van der Waals surface area contributed by atoms with Gasteiger partial charge in [0.15, 0.2) is 0 Å². The second-order valence-corrected chi connectivity index (χ2v) is 9.10. The van der Waals surface area contributed by atoms with Gasteiger partial charge in [0.05, 0.1) is 21.2 Å². The van der Waals surface area contributed by atoms with Gasteiger partial charge in [0, 0.05) is 10.6 Å². The van der Waals surface area contributed by atoms with E-state index in [4.69, 9.17) is 23.2 Å². The molecule has 2 rings (SSSR count). The van der Waals surface area contributed by atoms with Crippen molar-refractivity contribution in [2.75, 3.05) is 5.32 Å². The van der Waals surface area contributed by atoms with Crippen molar-refractivity contribution in [2.24, 2.45) is 0 Å². The van der Waals surface area contributed by atoms with Gasteiger partial charge in [0.2, 0.25) is 10.0 Å². The maximum absolute atomic E-state index is 14.3. The van der Waals surface area contributed by atoms with Crippen LogP contribution < -0.4 is 10.0 Å². The topological polar surface area (TPSA) is 75.3 Å². The minimum absolute atomic E-state index is 0.113. The Balaban J connectivity index is 2.26. The molecule has 0 aliphatic heterocycles. The number of carbonyl (C=O) groups excluding carboxylic acids is 1. The van der Waals surface area contributed by atoms with Crippen LogP contribution in [0.5, 0.6) is 0 Å². The first-order valence-corrected chi connectivity index (χ1v) is 9.73. The monoisotopic (exact) mass is 418 g/mol. The molecule has 0 atom stereocenters. The molecule has 2 aromatic rings. The molecule has 0 aliphatic rings. The molecule has 0 bridgehead atoms. The van der Waals surface area contributed by atoms with Crippen molar-refractivity contribution in [1.29, 1.82) is 0 Å². The maximum Gasteiger partial charge on any atom is 0.257 e. The van der Waals surface area contributed by atoms with Crippen LogP contribution in [-0.2, 0) is 10.0 Å². The van der Waals surface area contributed by atoms with E-state index in [0.717, 1.165) is 6.07 Å². The molecule has 5 nitrogen and oxygen atoms in total. The fraction of sp³-hybridized carbons (Fsp3) is 0.235. The summed E-state index contributed by atoms with van der Waals surface area (Å²) in [5.41, 5.74) is -0.773. The van der Waals surface area contributed by atoms with Crippen molar-refractivity contribution in [2.45, 2.75) is 31.2 Å². The average molecular weight is 419 g/mol. The van der Waals surface area contributed by atoms with Gasteiger partial charge in [-0.15, -0.1) is 0 Å². The smallest absolute Gasteiger partial charge is 0.257 e. The summed E-state index contributed by atoms with van der Waals surface area (Å²) in [5, 5.41) is 2.83. The lowest BCUT2D eigenvalue weighted by Crippen LogP contribution is -2.40. The van der Waals surface area contributed by atoms with E-state index in [0.29, 0.717) is 5.02 Å². The number of hydrogen-bond donors (Lipinski definition) is 2. The lowest BCUT2D eigenvalue weighted by Gasteiger charge is -2.20. The van der Waals surface area contributed by atoms with Crippen LogP contribution >= 0.6 is 23.2 Å². The highest BCUT2D eigenvalue weighted by Crippen LogP contribution is 2.24. The van der Waals surface area contributed by atoms with E-state index >= 15 is 0 Å². The molecule has 0 spiro atoms. The van der Waals surface area contributed by atoms with E-state index in [9.17, 15) is 17.6 Å². The van der Waals surface area contributed by atoms with Crippen LogP contribution in [0.15, 0.2) is 41.3 Å². The summed E-state index contributed by atoms with van der Waals surface area (Å²) in [5.74, 6) is -1.53. The number of benzene rings is 2. The molecule has 9 heteroatoms. The Bertz CT molecular complexity index is 957. The summed E-state index contributed by atoms with van der Waals surface area (Å²) < 4.78 is 41.2. The molecule has 140 valence electrons. The van der Waals surface area contributed by atoms with Gasteiger partial charge in [-0.3, -0.25) is 4.79 Å². The third-order valence-corrected chi connectivity index (χ3v) is 5.42. The Kier molecular flexibility index (Phi) is 5.97. The summed E-state index contributed by atoms with van der Waals surface area (Å²) in [6.45, 7) is 5.02. The third-order valence-electron chi connectivity index (χ3n) is 3.12. The number of sulfonamides is 1. The van der Waals surface area contributed by atoms with Gasteiger partial charge in [-0.2, -0.15) is 0 Å². The van der Waals surface area contributed by atoms with Crippen LogP contribution in [-0.4, -0.2) is 19.9 Å². The fourth-order valence-corrected chi connectivity index (χ4v) is 4.01. The Labute approximate surface area is 161 Å². The van der Waals surface area contributed by atoms with E-state index in [1.165, 1.54) is 30.3 Å². The van der Waals surface area contributed by atoms with E-state index in [1.54, 1.807) is 20.8 Å². The molecular formula is C17H17Cl2FN2O3S. The normalized spacial score (nSPS) is 12.1. The number of amides is 1. The second kappa shape index (κ2) is 7.52. The minimum Gasteiger partial charge on any atom is -0.319 e. The first-order valence-electron chi connectivity index (χ1n) is 7.49. The quantitative estimate of drug-likeness (QED) is 0.769. The summed E-state index contributed by atoms with van der Waals surface area (Å²) in [4.78, 5) is 12.0. The molecule has 2 N–H and O–H groups in total. The van der Waals surface area contributed by atoms with Crippen molar-refractivity contribution < 1.29 is 17.6 Å². The van der Waals surface area contributed by atoms with E-state index in [-0.39, 0.29) is 21.2 Å². The summed E-state index contributed by atoms with van der Waals surface area (Å²) in [6, 6.07) is 7.50. The van der Waals surface area contributed by atoms with Gasteiger partial charge in [-0.25, -0.2) is 17.5 Å². The first-order chi connectivity index (χ1) is 11.9. The zero-order chi connectivity index (χ0) is 19.7. The van der Waals surface area contributed by atoms with E-state index in [2.05, 4.69) is 10.0 Å². The number of nitrogens with one attached hydrogen (secondary N) is 2. The standard InChI is InChI=1S/C17H17Cl2FN2O3S/c1-17(2,3)22-26(24,25)11-5-7-15(14(20)9-11)21-16(23)12-6-4-10(18)8-13(12)19/h4-9,22H,1-3H3,(H,21,23). The van der Waals surface area contributed by atoms with Gasteiger partial charge < -0.3 is 5.32 Å². The minimum atomic E-state index is -3.89. The molecule has 0 fully saturated rings. The average Bonchev–Trinajstić information content (AvgIpc) is 2.46. The molecule has 0 radical (unpaired) electrons. The molecule has 0 saturated carbocycles. The maximum atomic E-state index is 14.3. The summed E-state index contributed by atoms with van der Waals surface area (Å²) >= 11 is 11.7. The van der Waals surface area contributed by atoms with Gasteiger partial charge in [0.1, 0.15) is 5.82 Å². The van der Waals surface area contributed by atoms with E-state index < -0.39 is 27.3 Å².